The van der Waals surface area contributed by atoms with E-state index in [0.29, 0.717) is 0 Å². The molecule has 2 unspecified atom stereocenters. The van der Waals surface area contributed by atoms with Crippen LogP contribution in [0.4, 0.5) is 0 Å². The van der Waals surface area contributed by atoms with Gasteiger partial charge < -0.3 is 0 Å². The minimum atomic E-state index is 0.116. The zero-order chi connectivity index (χ0) is 33.2. The highest BCUT2D eigenvalue weighted by Crippen LogP contribution is 2.54. The summed E-state index contributed by atoms with van der Waals surface area (Å²) in [5.74, 6) is 1.58. The van der Waals surface area contributed by atoms with Gasteiger partial charge in [0, 0.05) is 60.6 Å². The van der Waals surface area contributed by atoms with Crippen LogP contribution in [0.15, 0.2) is 36.4 Å². The lowest BCUT2D eigenvalue weighted by Gasteiger charge is -2.15. The molecule has 0 saturated carbocycles. The molecule has 0 aliphatic heterocycles. The van der Waals surface area contributed by atoms with Crippen LogP contribution < -0.4 is 0 Å². The van der Waals surface area contributed by atoms with Crippen molar-refractivity contribution in [3.05, 3.63) is 55.9 Å². The molecule has 4 aromatic heterocycles. The Morgan fingerprint density at radius 1 is 0.543 bits per heavy atom. The summed E-state index contributed by atoms with van der Waals surface area (Å²) in [5, 5.41) is 2.94. The first kappa shape index (κ1) is 35.8. The van der Waals surface area contributed by atoms with Gasteiger partial charge in [-0.1, -0.05) is 121 Å². The number of unbranched alkanes of at least 4 members (excludes halogenated alkanes) is 2. The lowest BCUT2D eigenvalue weighted by Crippen LogP contribution is -2.07. The quantitative estimate of drug-likeness (QED) is 0.109. The predicted octanol–water partition coefficient (Wildman–Crippen LogP) is 15.7. The average Bonchev–Trinajstić information content (AvgIpc) is 3.81. The molecule has 0 aliphatic rings. The topological polar surface area (TPSA) is 0 Å². The van der Waals surface area contributed by atoms with E-state index < -0.39 is 0 Å². The summed E-state index contributed by atoms with van der Waals surface area (Å²) in [6, 6.07) is 14.9. The molecule has 2 atom stereocenters. The van der Waals surface area contributed by atoms with Gasteiger partial charge in [-0.25, -0.2) is 0 Å². The fourth-order valence-electron chi connectivity index (χ4n) is 6.70. The number of fused-ring (bicyclic) bond motifs is 2. The van der Waals surface area contributed by atoms with Gasteiger partial charge in [0.1, 0.15) is 0 Å². The van der Waals surface area contributed by atoms with E-state index in [1.807, 2.05) is 0 Å². The second-order valence-corrected chi connectivity index (χ2v) is 20.2. The Kier molecular flexibility index (Phi) is 11.7. The molecule has 46 heavy (non-hydrogen) atoms. The first-order chi connectivity index (χ1) is 21.9. The summed E-state index contributed by atoms with van der Waals surface area (Å²) < 4.78 is 2.97. The lowest BCUT2D eigenvalue weighted by atomic mass is 9.92. The molecule has 4 heteroatoms. The predicted molar refractivity (Wildman–Crippen MR) is 215 cm³/mol. The molecule has 5 aromatic rings. The van der Waals surface area contributed by atoms with Crippen LogP contribution in [0.5, 0.6) is 0 Å². The van der Waals surface area contributed by atoms with Crippen molar-refractivity contribution >= 4 is 65.5 Å². The standard InChI is InChI=1S/C42H58S4/c1-11-15-17-27(13-3)23-29-19-21-33(43-29)37-31-25-35(41(5,6)7)46-40(31)38(32-26-36(42(8,9)10)45-39(32)37)34-22-20-30(44-34)24-28(14-4)18-16-12-2/h19-22,25-28H,11-18,23-24H2,1-10H3. The molecular weight excluding hydrogens is 633 g/mol. The minimum absolute atomic E-state index is 0.116. The van der Waals surface area contributed by atoms with Gasteiger partial charge in [0.05, 0.1) is 0 Å². The van der Waals surface area contributed by atoms with Gasteiger partial charge in [-0.15, -0.1) is 45.3 Å². The Hall–Kier alpha value is -1.46. The summed E-state index contributed by atoms with van der Waals surface area (Å²) in [4.78, 5) is 9.00. The van der Waals surface area contributed by atoms with Crippen LogP contribution in [-0.2, 0) is 23.7 Å². The fraction of sp³-hybridized carbons (Fsp3) is 0.571. The van der Waals surface area contributed by atoms with E-state index in [2.05, 4.69) is 151 Å². The average molecular weight is 691 g/mol. The fourth-order valence-corrected chi connectivity index (χ4v) is 11.8. The summed E-state index contributed by atoms with van der Waals surface area (Å²) in [6.07, 6.45) is 13.0. The maximum Gasteiger partial charge on any atom is 0.0446 e. The van der Waals surface area contributed by atoms with Crippen LogP contribution in [0, 0.1) is 11.8 Å². The van der Waals surface area contributed by atoms with E-state index in [0.717, 1.165) is 11.8 Å². The van der Waals surface area contributed by atoms with Crippen molar-refractivity contribution in [3.63, 3.8) is 0 Å². The normalized spacial score (nSPS) is 14.1. The molecular formula is C42H58S4. The van der Waals surface area contributed by atoms with Crippen molar-refractivity contribution in [2.24, 2.45) is 11.8 Å². The van der Waals surface area contributed by atoms with Crippen molar-refractivity contribution in [2.75, 3.05) is 0 Å². The lowest BCUT2D eigenvalue weighted by molar-refractivity contribution is 0.452. The van der Waals surface area contributed by atoms with E-state index in [4.69, 9.17) is 0 Å². The maximum absolute atomic E-state index is 2.57. The molecule has 0 N–H and O–H groups in total. The van der Waals surface area contributed by atoms with E-state index in [9.17, 15) is 0 Å². The van der Waals surface area contributed by atoms with E-state index in [1.54, 1.807) is 9.75 Å². The maximum atomic E-state index is 2.57. The first-order valence-corrected chi connectivity index (χ1v) is 21.4. The largest absolute Gasteiger partial charge is 0.140 e. The second-order valence-electron chi connectivity index (χ2n) is 15.7. The van der Waals surface area contributed by atoms with E-state index >= 15 is 0 Å². The molecule has 250 valence electrons. The van der Waals surface area contributed by atoms with Gasteiger partial charge in [0.25, 0.3) is 0 Å². The molecule has 0 spiro atoms. The van der Waals surface area contributed by atoms with Gasteiger partial charge in [-0.3, -0.25) is 0 Å². The van der Waals surface area contributed by atoms with Crippen molar-refractivity contribution in [2.45, 2.75) is 144 Å². The highest BCUT2D eigenvalue weighted by Gasteiger charge is 2.28. The van der Waals surface area contributed by atoms with Crippen LogP contribution in [0.1, 0.15) is 140 Å². The Labute approximate surface area is 296 Å². The summed E-state index contributed by atoms with van der Waals surface area (Å²) in [7, 11) is 0. The zero-order valence-corrected chi connectivity index (χ0v) is 33.6. The van der Waals surface area contributed by atoms with Crippen molar-refractivity contribution in [3.8, 4) is 20.9 Å². The van der Waals surface area contributed by atoms with Crippen LogP contribution in [0.2, 0.25) is 0 Å². The van der Waals surface area contributed by atoms with Crippen LogP contribution in [-0.4, -0.2) is 0 Å². The molecule has 0 fully saturated rings. The SMILES string of the molecule is CCCCC(CC)Cc1ccc(-c2c3cc(C(C)(C)C)sc3c(-c3ccc(CC(CC)CCCC)s3)c3cc(C(C)(C)C)sc23)s1. The number of benzene rings is 1. The Morgan fingerprint density at radius 2 is 0.935 bits per heavy atom. The minimum Gasteiger partial charge on any atom is -0.140 e. The highest BCUT2D eigenvalue weighted by atomic mass is 32.1. The molecule has 0 nitrogen and oxygen atoms in total. The van der Waals surface area contributed by atoms with Gasteiger partial charge in [-0.2, -0.15) is 0 Å². The monoisotopic (exact) mass is 690 g/mol. The summed E-state index contributed by atoms with van der Waals surface area (Å²) in [5.41, 5.74) is 3.21. The van der Waals surface area contributed by atoms with Gasteiger partial charge in [0.2, 0.25) is 0 Å². The van der Waals surface area contributed by atoms with E-state index in [1.165, 1.54) is 115 Å². The van der Waals surface area contributed by atoms with Crippen molar-refractivity contribution < 1.29 is 0 Å². The molecule has 0 bridgehead atoms. The molecule has 0 aliphatic carbocycles. The Balaban J connectivity index is 1.71. The third-order valence-corrected chi connectivity index (χ3v) is 15.2. The molecule has 0 saturated heterocycles. The van der Waals surface area contributed by atoms with Gasteiger partial charge in [0.15, 0.2) is 0 Å². The number of thiophene rings is 4. The third-order valence-electron chi connectivity index (χ3n) is 9.82. The molecule has 0 amide bonds. The molecule has 4 heterocycles. The second kappa shape index (κ2) is 15.0. The zero-order valence-electron chi connectivity index (χ0n) is 30.3. The van der Waals surface area contributed by atoms with Crippen molar-refractivity contribution in [1.29, 1.82) is 0 Å². The van der Waals surface area contributed by atoms with Crippen molar-refractivity contribution in [1.82, 2.24) is 0 Å². The molecule has 5 rings (SSSR count). The smallest absolute Gasteiger partial charge is 0.0446 e. The summed E-state index contributed by atoms with van der Waals surface area (Å²) in [6.45, 7) is 23.7. The summed E-state index contributed by atoms with van der Waals surface area (Å²) >= 11 is 8.23. The molecule has 0 radical (unpaired) electrons. The van der Waals surface area contributed by atoms with Crippen LogP contribution in [0.25, 0.3) is 41.1 Å². The van der Waals surface area contributed by atoms with Gasteiger partial charge in [-0.05, 0) is 71.9 Å². The van der Waals surface area contributed by atoms with Gasteiger partial charge >= 0.3 is 0 Å². The number of hydrogen-bond acceptors (Lipinski definition) is 4. The molecule has 1 aromatic carbocycles. The Bertz CT molecular complexity index is 1540. The first-order valence-electron chi connectivity index (χ1n) is 18.1. The number of rotatable bonds is 14. The Morgan fingerprint density at radius 3 is 1.26 bits per heavy atom. The highest BCUT2D eigenvalue weighted by molar-refractivity contribution is 7.24. The van der Waals surface area contributed by atoms with E-state index in [-0.39, 0.29) is 10.8 Å². The van der Waals surface area contributed by atoms with Crippen LogP contribution >= 0.6 is 45.3 Å². The number of hydrogen-bond donors (Lipinski definition) is 0. The third kappa shape index (κ3) is 7.88. The van der Waals surface area contributed by atoms with Crippen LogP contribution in [0.3, 0.4) is 0 Å².